The summed E-state index contributed by atoms with van der Waals surface area (Å²) in [5, 5.41) is 2.87. The number of para-hydroxylation sites is 1. The Morgan fingerprint density at radius 3 is 2.33 bits per heavy atom. The molecule has 21 heavy (non-hydrogen) atoms. The van der Waals surface area contributed by atoms with Gasteiger partial charge in [0.2, 0.25) is 5.91 Å². The first-order chi connectivity index (χ1) is 10.2. The highest BCUT2D eigenvalue weighted by Gasteiger charge is 2.14. The average molecular weight is 288 g/mol. The molecule has 2 rings (SSSR count). The summed E-state index contributed by atoms with van der Waals surface area (Å²) in [6.07, 6.45) is 6.15. The predicted molar refractivity (Wildman–Crippen MR) is 84.6 cm³/mol. The number of amides is 1. The van der Waals surface area contributed by atoms with Crippen molar-refractivity contribution in [3.05, 3.63) is 29.8 Å². The summed E-state index contributed by atoms with van der Waals surface area (Å²) < 4.78 is 0. The molecule has 0 aromatic heterocycles. The molecule has 0 spiro atoms. The Balaban J connectivity index is 1.93. The quantitative estimate of drug-likeness (QED) is 0.866. The monoisotopic (exact) mass is 288 g/mol. The number of hydrogen-bond acceptors (Lipinski definition) is 3. The van der Waals surface area contributed by atoms with Crippen LogP contribution in [0.4, 0.5) is 5.69 Å². The molecule has 4 heteroatoms. The molecule has 1 aromatic rings. The summed E-state index contributed by atoms with van der Waals surface area (Å²) in [5.74, 6) is -0.0681. The lowest BCUT2D eigenvalue weighted by molar-refractivity contribution is -0.117. The van der Waals surface area contributed by atoms with Gasteiger partial charge in [0.05, 0.1) is 12.2 Å². The van der Waals surface area contributed by atoms with Crippen LogP contribution in [0.1, 0.15) is 49.4 Å². The topological polar surface area (TPSA) is 49.4 Å². The number of rotatable bonds is 4. The van der Waals surface area contributed by atoms with Crippen LogP contribution in [0.3, 0.4) is 0 Å². The average Bonchev–Trinajstić information content (AvgIpc) is 2.42. The van der Waals surface area contributed by atoms with Gasteiger partial charge in [0.1, 0.15) is 0 Å². The molecule has 1 N–H and O–H groups in total. The molecular weight excluding hydrogens is 264 g/mol. The van der Waals surface area contributed by atoms with Crippen LogP contribution in [-0.2, 0) is 4.79 Å². The standard InChI is InChI=1S/C17H24N2O2/c1-14(20)15-9-5-6-10-16(15)18-17(21)13-19-11-7-3-2-4-8-12-19/h5-6,9-10H,2-4,7-8,11-13H2,1H3,(H,18,21). The fourth-order valence-electron chi connectivity index (χ4n) is 2.76. The molecule has 0 radical (unpaired) electrons. The van der Waals surface area contributed by atoms with Gasteiger partial charge in [-0.05, 0) is 45.0 Å². The largest absolute Gasteiger partial charge is 0.324 e. The van der Waals surface area contributed by atoms with E-state index in [9.17, 15) is 9.59 Å². The minimum absolute atomic E-state index is 0.0304. The normalized spacial score (nSPS) is 16.8. The third-order valence-electron chi connectivity index (χ3n) is 3.90. The first-order valence-electron chi connectivity index (χ1n) is 7.79. The Labute approximate surface area is 126 Å². The molecule has 1 fully saturated rings. The van der Waals surface area contributed by atoms with E-state index in [1.54, 1.807) is 12.1 Å². The lowest BCUT2D eigenvalue weighted by Gasteiger charge is -2.23. The maximum atomic E-state index is 12.2. The lowest BCUT2D eigenvalue weighted by atomic mass is 10.1. The van der Waals surface area contributed by atoms with E-state index in [4.69, 9.17) is 0 Å². The van der Waals surface area contributed by atoms with E-state index in [1.807, 2.05) is 12.1 Å². The van der Waals surface area contributed by atoms with E-state index in [0.717, 1.165) is 25.9 Å². The fourth-order valence-corrected chi connectivity index (χ4v) is 2.76. The van der Waals surface area contributed by atoms with Crippen LogP contribution < -0.4 is 5.32 Å². The van der Waals surface area contributed by atoms with Crippen molar-refractivity contribution in [3.8, 4) is 0 Å². The van der Waals surface area contributed by atoms with Crippen LogP contribution >= 0.6 is 0 Å². The highest BCUT2D eigenvalue weighted by molar-refractivity contribution is 6.04. The van der Waals surface area contributed by atoms with Crippen molar-refractivity contribution in [1.29, 1.82) is 0 Å². The summed E-state index contributed by atoms with van der Waals surface area (Å²) in [4.78, 5) is 26.0. The van der Waals surface area contributed by atoms with Gasteiger partial charge >= 0.3 is 0 Å². The van der Waals surface area contributed by atoms with E-state index in [2.05, 4.69) is 10.2 Å². The Morgan fingerprint density at radius 1 is 1.05 bits per heavy atom. The van der Waals surface area contributed by atoms with Gasteiger partial charge in [0, 0.05) is 5.56 Å². The highest BCUT2D eigenvalue weighted by Crippen LogP contribution is 2.16. The first-order valence-corrected chi connectivity index (χ1v) is 7.79. The molecule has 0 unspecified atom stereocenters. The van der Waals surface area contributed by atoms with E-state index in [-0.39, 0.29) is 11.7 Å². The number of hydrogen-bond donors (Lipinski definition) is 1. The van der Waals surface area contributed by atoms with Crippen molar-refractivity contribution < 1.29 is 9.59 Å². The minimum atomic E-state index is -0.0377. The molecule has 1 aromatic carbocycles. The number of anilines is 1. The van der Waals surface area contributed by atoms with Gasteiger partial charge in [-0.1, -0.05) is 31.4 Å². The van der Waals surface area contributed by atoms with E-state index >= 15 is 0 Å². The Morgan fingerprint density at radius 2 is 1.67 bits per heavy atom. The van der Waals surface area contributed by atoms with Crippen molar-refractivity contribution in [2.24, 2.45) is 0 Å². The molecule has 1 aliphatic heterocycles. The van der Waals surface area contributed by atoms with Crippen LogP contribution in [0, 0.1) is 0 Å². The van der Waals surface area contributed by atoms with Crippen LogP contribution in [0.15, 0.2) is 24.3 Å². The van der Waals surface area contributed by atoms with Crippen molar-refractivity contribution in [3.63, 3.8) is 0 Å². The van der Waals surface area contributed by atoms with E-state index in [0.29, 0.717) is 17.8 Å². The van der Waals surface area contributed by atoms with E-state index in [1.165, 1.54) is 26.2 Å². The minimum Gasteiger partial charge on any atom is -0.324 e. The van der Waals surface area contributed by atoms with Gasteiger partial charge in [-0.2, -0.15) is 0 Å². The SMILES string of the molecule is CC(=O)c1ccccc1NC(=O)CN1CCCCCCC1. The predicted octanol–water partition coefficient (Wildman–Crippen LogP) is 3.09. The zero-order chi connectivity index (χ0) is 15.1. The van der Waals surface area contributed by atoms with Crippen LogP contribution in [-0.4, -0.2) is 36.2 Å². The number of benzene rings is 1. The van der Waals surface area contributed by atoms with Crippen molar-refractivity contribution >= 4 is 17.4 Å². The van der Waals surface area contributed by atoms with E-state index < -0.39 is 0 Å². The smallest absolute Gasteiger partial charge is 0.238 e. The first kappa shape index (κ1) is 15.7. The van der Waals surface area contributed by atoms with Crippen molar-refractivity contribution in [2.75, 3.05) is 25.0 Å². The third kappa shape index (κ3) is 4.97. The van der Waals surface area contributed by atoms with Crippen molar-refractivity contribution in [1.82, 2.24) is 4.90 Å². The molecule has 0 aliphatic carbocycles. The summed E-state index contributed by atoms with van der Waals surface area (Å²) in [6.45, 7) is 3.90. The van der Waals surface area contributed by atoms with Gasteiger partial charge in [-0.15, -0.1) is 0 Å². The Hall–Kier alpha value is -1.68. The molecular formula is C17H24N2O2. The number of likely N-dealkylation sites (tertiary alicyclic amines) is 1. The molecule has 114 valence electrons. The summed E-state index contributed by atoms with van der Waals surface area (Å²) >= 11 is 0. The number of carbonyl (C=O) groups excluding carboxylic acids is 2. The van der Waals surface area contributed by atoms with Gasteiger partial charge in [0.15, 0.2) is 5.78 Å². The highest BCUT2D eigenvalue weighted by atomic mass is 16.2. The number of carbonyl (C=O) groups is 2. The maximum Gasteiger partial charge on any atom is 0.238 e. The second-order valence-corrected chi connectivity index (χ2v) is 5.69. The third-order valence-corrected chi connectivity index (χ3v) is 3.90. The summed E-state index contributed by atoms with van der Waals surface area (Å²) in [5.41, 5.74) is 1.18. The lowest BCUT2D eigenvalue weighted by Crippen LogP contribution is -2.35. The molecule has 4 nitrogen and oxygen atoms in total. The summed E-state index contributed by atoms with van der Waals surface area (Å²) in [6, 6.07) is 7.17. The van der Waals surface area contributed by atoms with Crippen LogP contribution in [0.5, 0.6) is 0 Å². The number of ketones is 1. The molecule has 1 aliphatic rings. The molecule has 0 saturated carbocycles. The summed E-state index contributed by atoms with van der Waals surface area (Å²) in [7, 11) is 0. The number of nitrogens with zero attached hydrogens (tertiary/aromatic N) is 1. The number of nitrogens with one attached hydrogen (secondary N) is 1. The second-order valence-electron chi connectivity index (χ2n) is 5.69. The van der Waals surface area contributed by atoms with Gasteiger partial charge in [0.25, 0.3) is 0 Å². The van der Waals surface area contributed by atoms with Gasteiger partial charge in [-0.25, -0.2) is 0 Å². The molecule has 1 heterocycles. The van der Waals surface area contributed by atoms with Gasteiger partial charge in [-0.3, -0.25) is 14.5 Å². The Kier molecular flexibility index (Phi) is 5.93. The fraction of sp³-hybridized carbons (Fsp3) is 0.529. The molecule has 0 bridgehead atoms. The second kappa shape index (κ2) is 7.93. The molecule has 1 saturated heterocycles. The number of Topliss-reactive ketones (excluding diaryl/α,β-unsaturated/α-hetero) is 1. The Bertz CT molecular complexity index is 491. The van der Waals surface area contributed by atoms with Crippen LogP contribution in [0.2, 0.25) is 0 Å². The maximum absolute atomic E-state index is 12.2. The molecule has 0 atom stereocenters. The molecule has 1 amide bonds. The van der Waals surface area contributed by atoms with Crippen LogP contribution in [0.25, 0.3) is 0 Å². The zero-order valence-electron chi connectivity index (χ0n) is 12.7. The van der Waals surface area contributed by atoms with Crippen molar-refractivity contribution in [2.45, 2.75) is 39.0 Å². The van der Waals surface area contributed by atoms with Gasteiger partial charge < -0.3 is 5.32 Å². The zero-order valence-corrected chi connectivity index (χ0v) is 12.7.